The molecule has 1 saturated heterocycles. The number of alkyl halides is 2. The number of halogens is 3. The molecule has 3 rings (SSSR count). The second kappa shape index (κ2) is 12.9. The number of anilines is 1. The normalized spacial score (nSPS) is 17.6. The van der Waals surface area contributed by atoms with Crippen molar-refractivity contribution in [1.29, 1.82) is 0 Å². The number of nitrogens with zero attached hydrogens (tertiary/aromatic N) is 5. The summed E-state index contributed by atoms with van der Waals surface area (Å²) in [5, 5.41) is 11.3. The molecule has 2 N–H and O–H groups in total. The van der Waals surface area contributed by atoms with Crippen LogP contribution in [0, 0.1) is 0 Å². The van der Waals surface area contributed by atoms with E-state index in [0.717, 1.165) is 43.1 Å². The van der Waals surface area contributed by atoms with E-state index in [9.17, 15) is 8.78 Å². The molecule has 1 aromatic heterocycles. The van der Waals surface area contributed by atoms with Gasteiger partial charge in [-0.2, -0.15) is 13.9 Å². The van der Waals surface area contributed by atoms with Crippen molar-refractivity contribution in [1.82, 2.24) is 25.3 Å². The van der Waals surface area contributed by atoms with Gasteiger partial charge in [0, 0.05) is 57.2 Å². The number of ether oxygens (including phenoxy) is 1. The Bertz CT molecular complexity index is 876. The first kappa shape index (κ1) is 27.1. The van der Waals surface area contributed by atoms with Gasteiger partial charge in [0.15, 0.2) is 5.96 Å². The first-order valence-corrected chi connectivity index (χ1v) is 10.8. The van der Waals surface area contributed by atoms with E-state index in [1.54, 1.807) is 19.2 Å². The topological polar surface area (TPSA) is 70.0 Å². The molecule has 1 aromatic carbocycles. The molecule has 2 heterocycles. The number of aliphatic imine (C=N–C) groups is 1. The number of hydrogen-bond donors (Lipinski definition) is 2. The lowest BCUT2D eigenvalue weighted by Gasteiger charge is -2.35. The van der Waals surface area contributed by atoms with Crippen LogP contribution in [0.2, 0.25) is 0 Å². The maximum absolute atomic E-state index is 12.4. The molecule has 8 nitrogen and oxygen atoms in total. The molecule has 1 aliphatic heterocycles. The number of likely N-dealkylation sites (N-methyl/N-ethyl adjacent to an activating group) is 1. The van der Waals surface area contributed by atoms with Gasteiger partial charge < -0.3 is 25.2 Å². The zero-order valence-corrected chi connectivity index (χ0v) is 21.9. The Morgan fingerprint density at radius 3 is 2.61 bits per heavy atom. The molecule has 0 radical (unpaired) electrons. The lowest BCUT2D eigenvalue weighted by atomic mass is 10.0. The number of guanidine groups is 1. The standard InChI is InChI=1S/C22H33F2N7O.HI/c1-25-22(26-13-20(29(2)3)16-12-27-30(4)14-16)28-17-6-5-11-31(15-17)18-7-9-19(10-8-18)32-21(23)24;/h7-10,12,14,17,20-21H,5-6,11,13,15H2,1-4H3,(H2,25,26,28);1H. The number of piperidine rings is 1. The van der Waals surface area contributed by atoms with Crippen LogP contribution in [0.4, 0.5) is 14.5 Å². The van der Waals surface area contributed by atoms with Gasteiger partial charge in [-0.3, -0.25) is 9.67 Å². The molecule has 2 atom stereocenters. The van der Waals surface area contributed by atoms with Crippen LogP contribution in [0.15, 0.2) is 41.7 Å². The third-order valence-electron chi connectivity index (χ3n) is 5.61. The van der Waals surface area contributed by atoms with Crippen molar-refractivity contribution < 1.29 is 13.5 Å². The van der Waals surface area contributed by atoms with Gasteiger partial charge in [0.1, 0.15) is 5.75 Å². The van der Waals surface area contributed by atoms with E-state index in [1.807, 2.05) is 50.4 Å². The molecule has 0 saturated carbocycles. The largest absolute Gasteiger partial charge is 0.435 e. The minimum atomic E-state index is -2.81. The van der Waals surface area contributed by atoms with Crippen molar-refractivity contribution >= 4 is 35.6 Å². The molecule has 33 heavy (non-hydrogen) atoms. The van der Waals surface area contributed by atoms with E-state index < -0.39 is 6.61 Å². The molecule has 2 aromatic rings. The third kappa shape index (κ3) is 7.98. The average Bonchev–Trinajstić information content (AvgIpc) is 3.19. The van der Waals surface area contributed by atoms with E-state index >= 15 is 0 Å². The number of aryl methyl sites for hydroxylation is 1. The highest BCUT2D eigenvalue weighted by Crippen LogP contribution is 2.24. The van der Waals surface area contributed by atoms with Gasteiger partial charge >= 0.3 is 6.61 Å². The average molecular weight is 577 g/mol. The van der Waals surface area contributed by atoms with Crippen LogP contribution in [0.1, 0.15) is 24.4 Å². The van der Waals surface area contributed by atoms with Crippen LogP contribution in [-0.2, 0) is 7.05 Å². The predicted molar refractivity (Wildman–Crippen MR) is 138 cm³/mol. The Labute approximate surface area is 211 Å². The number of benzene rings is 1. The van der Waals surface area contributed by atoms with Gasteiger partial charge in [0.25, 0.3) is 0 Å². The van der Waals surface area contributed by atoms with Crippen LogP contribution in [-0.4, -0.2) is 74.1 Å². The Balaban J connectivity index is 0.00000385. The summed E-state index contributed by atoms with van der Waals surface area (Å²) in [5.41, 5.74) is 2.13. The van der Waals surface area contributed by atoms with Crippen molar-refractivity contribution in [3.05, 3.63) is 42.2 Å². The van der Waals surface area contributed by atoms with E-state index in [0.29, 0.717) is 6.54 Å². The fourth-order valence-electron chi connectivity index (χ4n) is 3.96. The third-order valence-corrected chi connectivity index (χ3v) is 5.61. The number of hydrogen-bond acceptors (Lipinski definition) is 5. The lowest BCUT2D eigenvalue weighted by molar-refractivity contribution is -0.0498. The Morgan fingerprint density at radius 2 is 2.03 bits per heavy atom. The molecule has 0 spiro atoms. The van der Waals surface area contributed by atoms with Gasteiger partial charge in [0.05, 0.1) is 12.2 Å². The highest BCUT2D eigenvalue weighted by Gasteiger charge is 2.22. The van der Waals surface area contributed by atoms with Gasteiger partial charge in [-0.25, -0.2) is 0 Å². The highest BCUT2D eigenvalue weighted by atomic mass is 127. The molecular formula is C22H34F2IN7O. The van der Waals surface area contributed by atoms with Crippen molar-refractivity contribution in [2.24, 2.45) is 12.0 Å². The molecule has 0 bridgehead atoms. The maximum Gasteiger partial charge on any atom is 0.387 e. The fourth-order valence-corrected chi connectivity index (χ4v) is 3.96. The predicted octanol–water partition coefficient (Wildman–Crippen LogP) is 3.08. The number of rotatable bonds is 8. The summed E-state index contributed by atoms with van der Waals surface area (Å²) >= 11 is 0. The van der Waals surface area contributed by atoms with Gasteiger partial charge in [0.2, 0.25) is 0 Å². The van der Waals surface area contributed by atoms with Crippen molar-refractivity contribution in [3.63, 3.8) is 0 Å². The summed E-state index contributed by atoms with van der Waals surface area (Å²) in [5.74, 6) is 0.928. The van der Waals surface area contributed by atoms with Gasteiger partial charge in [-0.15, -0.1) is 24.0 Å². The summed E-state index contributed by atoms with van der Waals surface area (Å²) < 4.78 is 31.0. The number of aromatic nitrogens is 2. The van der Waals surface area contributed by atoms with Crippen molar-refractivity contribution in [2.45, 2.75) is 31.5 Å². The molecular weight excluding hydrogens is 543 g/mol. The quantitative estimate of drug-likeness (QED) is 0.286. The first-order valence-electron chi connectivity index (χ1n) is 10.8. The van der Waals surface area contributed by atoms with Crippen molar-refractivity contribution in [3.8, 4) is 5.75 Å². The van der Waals surface area contributed by atoms with Crippen LogP contribution in [0.3, 0.4) is 0 Å². The van der Waals surface area contributed by atoms with E-state index in [-0.39, 0.29) is 41.8 Å². The summed E-state index contributed by atoms with van der Waals surface area (Å²) in [6, 6.07) is 7.20. The Hall–Kier alpha value is -2.15. The molecule has 1 aliphatic rings. The molecule has 0 aliphatic carbocycles. The van der Waals surface area contributed by atoms with Gasteiger partial charge in [-0.05, 0) is 51.2 Å². The SMILES string of the molecule is CN=C(NCC(c1cnn(C)c1)N(C)C)NC1CCCN(c2ccc(OC(F)F)cc2)C1.I. The molecule has 1 fully saturated rings. The zero-order chi connectivity index (χ0) is 23.1. The van der Waals surface area contributed by atoms with Crippen LogP contribution < -0.4 is 20.3 Å². The van der Waals surface area contributed by atoms with E-state index in [4.69, 9.17) is 0 Å². The smallest absolute Gasteiger partial charge is 0.387 e. The Morgan fingerprint density at radius 1 is 1.30 bits per heavy atom. The Kier molecular flexibility index (Phi) is 10.6. The van der Waals surface area contributed by atoms with E-state index in [2.05, 4.69) is 35.3 Å². The lowest BCUT2D eigenvalue weighted by Crippen LogP contribution is -2.52. The molecule has 184 valence electrons. The monoisotopic (exact) mass is 577 g/mol. The minimum Gasteiger partial charge on any atom is -0.435 e. The zero-order valence-electron chi connectivity index (χ0n) is 19.5. The van der Waals surface area contributed by atoms with Crippen LogP contribution in [0.5, 0.6) is 5.75 Å². The summed E-state index contributed by atoms with van der Waals surface area (Å²) in [6.07, 6.45) is 5.97. The summed E-state index contributed by atoms with van der Waals surface area (Å²) in [6.45, 7) is -0.396. The minimum absolute atomic E-state index is 0. The summed E-state index contributed by atoms with van der Waals surface area (Å²) in [7, 11) is 7.78. The molecule has 2 unspecified atom stereocenters. The van der Waals surface area contributed by atoms with Crippen LogP contribution >= 0.6 is 24.0 Å². The molecule has 0 amide bonds. The molecule has 11 heteroatoms. The first-order chi connectivity index (χ1) is 15.4. The fraction of sp³-hybridized carbons (Fsp3) is 0.545. The summed E-state index contributed by atoms with van der Waals surface area (Å²) in [4.78, 5) is 8.80. The maximum atomic E-state index is 12.4. The van der Waals surface area contributed by atoms with E-state index in [1.165, 1.54) is 0 Å². The van der Waals surface area contributed by atoms with Crippen molar-refractivity contribution in [2.75, 3.05) is 45.7 Å². The van der Waals surface area contributed by atoms with Gasteiger partial charge in [-0.1, -0.05) is 0 Å². The second-order valence-corrected chi connectivity index (χ2v) is 8.18. The highest BCUT2D eigenvalue weighted by molar-refractivity contribution is 14.0. The second-order valence-electron chi connectivity index (χ2n) is 8.18. The van der Waals surface area contributed by atoms with Crippen LogP contribution in [0.25, 0.3) is 0 Å². The number of nitrogens with one attached hydrogen (secondary N) is 2.